The number of nitrogens with zero attached hydrogens (tertiary/aromatic N) is 1. The van der Waals surface area contributed by atoms with Crippen LogP contribution in [-0.2, 0) is 14.3 Å². The molecule has 1 rings (SSSR count). The Labute approximate surface area is 132 Å². The van der Waals surface area contributed by atoms with E-state index < -0.39 is 23.2 Å². The number of carbonyl (C=O) groups excluding carboxylic acids is 1. The first kappa shape index (κ1) is 18.7. The largest absolute Gasteiger partial charge is 0.479 e. The topological polar surface area (TPSA) is 76.1 Å². The van der Waals surface area contributed by atoms with Gasteiger partial charge in [-0.15, -0.1) is 0 Å². The lowest BCUT2D eigenvalue weighted by Crippen LogP contribution is -2.60. The molecule has 22 heavy (non-hydrogen) atoms. The Kier molecular flexibility index (Phi) is 6.23. The van der Waals surface area contributed by atoms with Gasteiger partial charge in [0.1, 0.15) is 11.1 Å². The van der Waals surface area contributed by atoms with E-state index in [1.807, 2.05) is 6.92 Å². The zero-order valence-corrected chi connectivity index (χ0v) is 14.3. The first-order valence-electron chi connectivity index (χ1n) is 7.93. The van der Waals surface area contributed by atoms with E-state index in [1.165, 1.54) is 4.90 Å². The second-order valence-corrected chi connectivity index (χ2v) is 6.90. The van der Waals surface area contributed by atoms with Gasteiger partial charge in [0.15, 0.2) is 0 Å². The van der Waals surface area contributed by atoms with Crippen molar-refractivity contribution in [2.75, 3.05) is 13.7 Å². The summed E-state index contributed by atoms with van der Waals surface area (Å²) in [5.41, 5.74) is -1.83. The second kappa shape index (κ2) is 7.31. The Hall–Kier alpha value is -1.30. The van der Waals surface area contributed by atoms with Crippen LogP contribution in [0.4, 0.5) is 4.79 Å². The minimum Gasteiger partial charge on any atom is -0.479 e. The average Bonchev–Trinajstić information content (AvgIpc) is 2.42. The van der Waals surface area contributed by atoms with Crippen LogP contribution < -0.4 is 0 Å². The van der Waals surface area contributed by atoms with Crippen LogP contribution in [0.5, 0.6) is 0 Å². The maximum Gasteiger partial charge on any atom is 0.411 e. The Morgan fingerprint density at radius 1 is 1.27 bits per heavy atom. The van der Waals surface area contributed by atoms with Crippen LogP contribution in [0.15, 0.2) is 0 Å². The molecular weight excluding hydrogens is 286 g/mol. The lowest BCUT2D eigenvalue weighted by atomic mass is 9.79. The molecule has 0 heterocycles. The number of hydrogen-bond donors (Lipinski definition) is 1. The fourth-order valence-corrected chi connectivity index (χ4v) is 2.92. The summed E-state index contributed by atoms with van der Waals surface area (Å²) in [4.78, 5) is 25.9. The molecule has 0 aromatic heterocycles. The molecule has 1 N–H and O–H groups in total. The summed E-state index contributed by atoms with van der Waals surface area (Å²) in [6.07, 6.45) is 2.24. The lowest BCUT2D eigenvalue weighted by Gasteiger charge is -2.44. The van der Waals surface area contributed by atoms with Crippen LogP contribution in [0, 0.1) is 0 Å². The van der Waals surface area contributed by atoms with Gasteiger partial charge < -0.3 is 14.6 Å². The van der Waals surface area contributed by atoms with Gasteiger partial charge in [0.25, 0.3) is 0 Å². The van der Waals surface area contributed by atoms with Crippen molar-refractivity contribution in [1.29, 1.82) is 0 Å². The minimum absolute atomic E-state index is 0.0644. The lowest BCUT2D eigenvalue weighted by molar-refractivity contribution is -0.155. The van der Waals surface area contributed by atoms with E-state index in [-0.39, 0.29) is 6.10 Å². The Morgan fingerprint density at radius 2 is 1.82 bits per heavy atom. The van der Waals surface area contributed by atoms with E-state index in [1.54, 1.807) is 27.9 Å². The maximum atomic E-state index is 12.5. The first-order chi connectivity index (χ1) is 10.2. The minimum atomic E-state index is -1.19. The number of hydrogen-bond acceptors (Lipinski definition) is 4. The number of ether oxygens (including phenoxy) is 2. The molecule has 1 aliphatic carbocycles. The predicted molar refractivity (Wildman–Crippen MR) is 82.9 cm³/mol. The molecule has 6 heteroatoms. The van der Waals surface area contributed by atoms with Crippen LogP contribution in [-0.4, -0.2) is 53.0 Å². The van der Waals surface area contributed by atoms with E-state index in [0.717, 1.165) is 0 Å². The second-order valence-electron chi connectivity index (χ2n) is 6.90. The molecular formula is C16H29NO5. The van der Waals surface area contributed by atoms with Crippen molar-refractivity contribution < 1.29 is 24.2 Å². The molecule has 0 atom stereocenters. The summed E-state index contributed by atoms with van der Waals surface area (Å²) in [6.45, 7) is 7.64. The van der Waals surface area contributed by atoms with Crippen molar-refractivity contribution in [3.63, 3.8) is 0 Å². The molecule has 1 amide bonds. The fourth-order valence-electron chi connectivity index (χ4n) is 2.92. The number of carbonyl (C=O) groups is 2. The molecule has 0 saturated heterocycles. The molecule has 1 saturated carbocycles. The fraction of sp³-hybridized carbons (Fsp3) is 0.875. The molecule has 0 aliphatic heterocycles. The van der Waals surface area contributed by atoms with E-state index in [4.69, 9.17) is 9.47 Å². The summed E-state index contributed by atoms with van der Waals surface area (Å²) in [5.74, 6) is -0.957. The van der Waals surface area contributed by atoms with Gasteiger partial charge >= 0.3 is 12.1 Å². The molecule has 0 aromatic carbocycles. The van der Waals surface area contributed by atoms with Crippen LogP contribution >= 0.6 is 0 Å². The average molecular weight is 315 g/mol. The molecule has 0 spiro atoms. The molecule has 0 bridgehead atoms. The van der Waals surface area contributed by atoms with Crippen molar-refractivity contribution in [3.8, 4) is 0 Å². The third-order valence-electron chi connectivity index (χ3n) is 4.07. The van der Waals surface area contributed by atoms with Crippen molar-refractivity contribution in [2.24, 2.45) is 0 Å². The standard InChI is InChI=1S/C16H29NO5/c1-6-11-17(14(20)22-15(2,3)4)16(13(18)19)9-7-12(21-5)8-10-16/h12H,6-11H2,1-5H3,(H,18,19). The summed E-state index contributed by atoms with van der Waals surface area (Å²) in [5, 5.41) is 9.80. The van der Waals surface area contributed by atoms with Crippen molar-refractivity contribution in [2.45, 2.75) is 77.0 Å². The van der Waals surface area contributed by atoms with Gasteiger partial charge in [-0.05, 0) is 52.9 Å². The number of carboxylic acid groups (broad SMARTS) is 1. The summed E-state index contributed by atoms with van der Waals surface area (Å²) in [7, 11) is 1.64. The normalized spacial score (nSPS) is 25.6. The summed E-state index contributed by atoms with van der Waals surface area (Å²) in [6, 6.07) is 0. The molecule has 1 fully saturated rings. The maximum absolute atomic E-state index is 12.5. The highest BCUT2D eigenvalue weighted by Crippen LogP contribution is 2.36. The molecule has 0 unspecified atom stereocenters. The van der Waals surface area contributed by atoms with Crippen LogP contribution in [0.2, 0.25) is 0 Å². The Balaban J connectivity index is 3.02. The van der Waals surface area contributed by atoms with Gasteiger partial charge in [-0.3, -0.25) is 4.90 Å². The van der Waals surface area contributed by atoms with E-state index >= 15 is 0 Å². The highest BCUT2D eigenvalue weighted by molar-refractivity contribution is 5.84. The Bertz CT molecular complexity index is 394. The zero-order chi connectivity index (χ0) is 17.0. The Morgan fingerprint density at radius 3 is 2.18 bits per heavy atom. The first-order valence-corrected chi connectivity index (χ1v) is 7.93. The van der Waals surface area contributed by atoms with Gasteiger partial charge in [0, 0.05) is 13.7 Å². The highest BCUT2D eigenvalue weighted by Gasteiger charge is 2.49. The number of rotatable bonds is 5. The molecule has 6 nitrogen and oxygen atoms in total. The van der Waals surface area contributed by atoms with Crippen LogP contribution in [0.3, 0.4) is 0 Å². The van der Waals surface area contributed by atoms with Gasteiger partial charge in [-0.25, -0.2) is 9.59 Å². The number of amides is 1. The number of aliphatic carboxylic acids is 1. The third kappa shape index (κ3) is 4.35. The van der Waals surface area contributed by atoms with E-state index in [0.29, 0.717) is 38.6 Å². The summed E-state index contributed by atoms with van der Waals surface area (Å²) >= 11 is 0. The van der Waals surface area contributed by atoms with Crippen molar-refractivity contribution in [3.05, 3.63) is 0 Å². The third-order valence-corrected chi connectivity index (χ3v) is 4.07. The predicted octanol–water partition coefficient (Wildman–Crippen LogP) is 3.05. The van der Waals surface area contributed by atoms with Crippen molar-refractivity contribution in [1.82, 2.24) is 4.90 Å². The van der Waals surface area contributed by atoms with Crippen molar-refractivity contribution >= 4 is 12.1 Å². The monoisotopic (exact) mass is 315 g/mol. The molecule has 1 aliphatic rings. The number of carboxylic acids is 1. The van der Waals surface area contributed by atoms with E-state index in [2.05, 4.69) is 0 Å². The van der Waals surface area contributed by atoms with Gasteiger partial charge in [-0.2, -0.15) is 0 Å². The zero-order valence-electron chi connectivity index (χ0n) is 14.3. The van der Waals surface area contributed by atoms with Gasteiger partial charge in [0.05, 0.1) is 6.10 Å². The number of methoxy groups -OCH3 is 1. The SMILES string of the molecule is CCCN(C(=O)OC(C)(C)C)C1(C(=O)O)CCC(OC)CC1. The van der Waals surface area contributed by atoms with Gasteiger partial charge in [0.2, 0.25) is 0 Å². The highest BCUT2D eigenvalue weighted by atomic mass is 16.6. The van der Waals surface area contributed by atoms with Crippen LogP contribution in [0.1, 0.15) is 59.8 Å². The molecule has 0 radical (unpaired) electrons. The molecule has 0 aromatic rings. The smallest absolute Gasteiger partial charge is 0.411 e. The van der Waals surface area contributed by atoms with E-state index in [9.17, 15) is 14.7 Å². The molecule has 128 valence electrons. The van der Waals surface area contributed by atoms with Crippen LogP contribution in [0.25, 0.3) is 0 Å². The van der Waals surface area contributed by atoms with Gasteiger partial charge in [-0.1, -0.05) is 6.92 Å². The quantitative estimate of drug-likeness (QED) is 0.844. The summed E-state index contributed by atoms with van der Waals surface area (Å²) < 4.78 is 10.7.